The van der Waals surface area contributed by atoms with Crippen molar-refractivity contribution in [3.63, 3.8) is 0 Å². The number of nitrogens with zero attached hydrogens (tertiary/aromatic N) is 3. The number of carbonyl (C=O) groups excluding carboxylic acids is 1. The molecule has 6 nitrogen and oxygen atoms in total. The fraction of sp³-hybridized carbons (Fsp3) is 0.368. The number of para-hydroxylation sites is 1. The molecule has 1 fully saturated rings. The summed E-state index contributed by atoms with van der Waals surface area (Å²) in [4.78, 5) is 20.6. The number of piperazine rings is 1. The summed E-state index contributed by atoms with van der Waals surface area (Å²) in [5.74, 6) is 0.916. The number of rotatable bonds is 5. The van der Waals surface area contributed by atoms with Gasteiger partial charge in [0.2, 0.25) is 0 Å². The van der Waals surface area contributed by atoms with E-state index in [-0.39, 0.29) is 6.03 Å². The normalized spacial score (nSPS) is 15.0. The van der Waals surface area contributed by atoms with Crippen molar-refractivity contribution in [1.82, 2.24) is 20.1 Å². The molecule has 2 aromatic rings. The van der Waals surface area contributed by atoms with Gasteiger partial charge in [0.05, 0.1) is 7.11 Å². The zero-order valence-corrected chi connectivity index (χ0v) is 14.5. The molecular weight excluding hydrogens is 316 g/mol. The summed E-state index contributed by atoms with van der Waals surface area (Å²) in [6.07, 6.45) is 3.50. The van der Waals surface area contributed by atoms with Crippen LogP contribution in [0.4, 0.5) is 4.79 Å². The van der Waals surface area contributed by atoms with Crippen molar-refractivity contribution in [2.75, 3.05) is 33.3 Å². The lowest BCUT2D eigenvalue weighted by Crippen LogP contribution is -2.51. The molecule has 0 unspecified atom stereocenters. The van der Waals surface area contributed by atoms with Gasteiger partial charge in [-0.15, -0.1) is 0 Å². The highest BCUT2D eigenvalue weighted by atomic mass is 16.5. The number of nitrogens with one attached hydrogen (secondary N) is 1. The second-order valence-electron chi connectivity index (χ2n) is 6.10. The van der Waals surface area contributed by atoms with Gasteiger partial charge in [-0.1, -0.05) is 24.3 Å². The van der Waals surface area contributed by atoms with Crippen LogP contribution in [0, 0.1) is 0 Å². The summed E-state index contributed by atoms with van der Waals surface area (Å²) in [6, 6.07) is 11.9. The average molecular weight is 340 g/mol. The second-order valence-corrected chi connectivity index (χ2v) is 6.10. The molecule has 0 atom stereocenters. The molecule has 25 heavy (non-hydrogen) atoms. The molecule has 132 valence electrons. The highest BCUT2D eigenvalue weighted by Crippen LogP contribution is 2.19. The first-order valence-electron chi connectivity index (χ1n) is 8.52. The Morgan fingerprint density at radius 3 is 2.68 bits per heavy atom. The van der Waals surface area contributed by atoms with Crippen LogP contribution in [0.1, 0.15) is 11.1 Å². The molecule has 1 aliphatic rings. The molecule has 0 spiro atoms. The molecule has 1 aromatic heterocycles. The number of ether oxygens (including phenoxy) is 1. The zero-order valence-electron chi connectivity index (χ0n) is 14.5. The molecule has 1 N–H and O–H groups in total. The largest absolute Gasteiger partial charge is 0.496 e. The highest BCUT2D eigenvalue weighted by molar-refractivity contribution is 5.74. The Morgan fingerprint density at radius 1 is 1.16 bits per heavy atom. The molecule has 1 saturated heterocycles. The third-order valence-corrected chi connectivity index (χ3v) is 4.41. The van der Waals surface area contributed by atoms with Gasteiger partial charge in [-0.05, 0) is 17.7 Å². The Kier molecular flexibility index (Phi) is 5.85. The van der Waals surface area contributed by atoms with Crippen LogP contribution < -0.4 is 10.1 Å². The smallest absolute Gasteiger partial charge is 0.317 e. The number of hydrogen-bond acceptors (Lipinski definition) is 4. The van der Waals surface area contributed by atoms with Gasteiger partial charge in [0.25, 0.3) is 0 Å². The monoisotopic (exact) mass is 340 g/mol. The minimum Gasteiger partial charge on any atom is -0.496 e. The van der Waals surface area contributed by atoms with Crippen molar-refractivity contribution < 1.29 is 9.53 Å². The van der Waals surface area contributed by atoms with Crippen molar-refractivity contribution in [3.05, 3.63) is 59.9 Å². The van der Waals surface area contributed by atoms with Gasteiger partial charge in [-0.3, -0.25) is 9.88 Å². The van der Waals surface area contributed by atoms with E-state index in [4.69, 9.17) is 4.74 Å². The third-order valence-electron chi connectivity index (χ3n) is 4.41. The molecule has 6 heteroatoms. The van der Waals surface area contributed by atoms with E-state index in [1.807, 2.05) is 35.2 Å². The van der Waals surface area contributed by atoms with Crippen LogP contribution in [-0.4, -0.2) is 54.1 Å². The predicted molar refractivity (Wildman–Crippen MR) is 96.3 cm³/mol. The van der Waals surface area contributed by atoms with Gasteiger partial charge in [-0.2, -0.15) is 0 Å². The van der Waals surface area contributed by atoms with E-state index in [0.29, 0.717) is 6.54 Å². The Labute approximate surface area is 148 Å². The maximum Gasteiger partial charge on any atom is 0.317 e. The number of amides is 2. The van der Waals surface area contributed by atoms with Crippen molar-refractivity contribution >= 4 is 6.03 Å². The summed E-state index contributed by atoms with van der Waals surface area (Å²) < 4.78 is 5.41. The van der Waals surface area contributed by atoms with Crippen molar-refractivity contribution in [2.45, 2.75) is 13.1 Å². The van der Waals surface area contributed by atoms with Gasteiger partial charge in [-0.25, -0.2) is 4.79 Å². The lowest BCUT2D eigenvalue weighted by atomic mass is 10.1. The molecule has 0 bridgehead atoms. The van der Waals surface area contributed by atoms with Gasteiger partial charge in [0.15, 0.2) is 0 Å². The summed E-state index contributed by atoms with van der Waals surface area (Å²) >= 11 is 0. The molecule has 2 amide bonds. The number of pyridine rings is 1. The summed E-state index contributed by atoms with van der Waals surface area (Å²) in [7, 11) is 1.70. The number of benzene rings is 1. The average Bonchev–Trinajstić information content (AvgIpc) is 2.68. The fourth-order valence-electron chi connectivity index (χ4n) is 2.98. The van der Waals surface area contributed by atoms with Crippen LogP contribution in [-0.2, 0) is 13.1 Å². The number of urea groups is 1. The zero-order chi connectivity index (χ0) is 17.5. The maximum absolute atomic E-state index is 12.3. The predicted octanol–water partition coefficient (Wildman–Crippen LogP) is 2.12. The fourth-order valence-corrected chi connectivity index (χ4v) is 2.98. The quantitative estimate of drug-likeness (QED) is 0.906. The van der Waals surface area contributed by atoms with E-state index in [0.717, 1.165) is 44.0 Å². The van der Waals surface area contributed by atoms with Crippen LogP contribution in [0.25, 0.3) is 0 Å². The van der Waals surface area contributed by atoms with Crippen molar-refractivity contribution in [1.29, 1.82) is 0 Å². The second kappa shape index (κ2) is 8.48. The molecule has 1 aromatic carbocycles. The van der Waals surface area contributed by atoms with Crippen molar-refractivity contribution in [3.8, 4) is 5.75 Å². The lowest BCUT2D eigenvalue weighted by molar-refractivity contribution is 0.134. The van der Waals surface area contributed by atoms with Gasteiger partial charge >= 0.3 is 6.03 Å². The summed E-state index contributed by atoms with van der Waals surface area (Å²) in [5, 5.41) is 2.96. The maximum atomic E-state index is 12.3. The van der Waals surface area contributed by atoms with E-state index < -0.39 is 0 Å². The van der Waals surface area contributed by atoms with E-state index in [1.54, 1.807) is 19.5 Å². The molecule has 2 heterocycles. The van der Waals surface area contributed by atoms with E-state index >= 15 is 0 Å². The first-order chi connectivity index (χ1) is 12.3. The van der Waals surface area contributed by atoms with Crippen LogP contribution in [0.5, 0.6) is 5.75 Å². The Balaban J connectivity index is 1.46. The van der Waals surface area contributed by atoms with Crippen LogP contribution in [0.2, 0.25) is 0 Å². The number of hydrogen-bond donors (Lipinski definition) is 1. The van der Waals surface area contributed by atoms with Gasteiger partial charge < -0.3 is 15.0 Å². The highest BCUT2D eigenvalue weighted by Gasteiger charge is 2.21. The van der Waals surface area contributed by atoms with E-state index in [9.17, 15) is 4.79 Å². The third kappa shape index (κ3) is 4.70. The minimum atomic E-state index is -0.0132. The summed E-state index contributed by atoms with van der Waals surface area (Å²) in [6.45, 7) is 4.53. The number of carbonyl (C=O) groups is 1. The van der Waals surface area contributed by atoms with Crippen molar-refractivity contribution in [2.24, 2.45) is 0 Å². The SMILES string of the molecule is COc1ccccc1CN1CCN(C(=O)NCc2cccnc2)CC1. The Morgan fingerprint density at radius 2 is 1.96 bits per heavy atom. The Bertz CT molecular complexity index is 685. The topological polar surface area (TPSA) is 57.7 Å². The number of methoxy groups -OCH3 is 1. The molecule has 0 saturated carbocycles. The van der Waals surface area contributed by atoms with Crippen LogP contribution >= 0.6 is 0 Å². The van der Waals surface area contributed by atoms with E-state index in [2.05, 4.69) is 21.3 Å². The minimum absolute atomic E-state index is 0.0132. The number of aromatic nitrogens is 1. The Hall–Kier alpha value is -2.60. The van der Waals surface area contributed by atoms with Crippen LogP contribution in [0.15, 0.2) is 48.8 Å². The molecule has 0 aliphatic carbocycles. The standard InChI is InChI=1S/C19H24N4O2/c1-25-18-7-3-2-6-17(18)15-22-9-11-23(12-10-22)19(24)21-14-16-5-4-8-20-13-16/h2-8,13H,9-12,14-15H2,1H3,(H,21,24). The lowest BCUT2D eigenvalue weighted by Gasteiger charge is -2.34. The molecular formula is C19H24N4O2. The van der Waals surface area contributed by atoms with Gasteiger partial charge in [0.1, 0.15) is 5.75 Å². The molecule has 0 radical (unpaired) electrons. The first kappa shape index (κ1) is 17.2. The first-order valence-corrected chi connectivity index (χ1v) is 8.52. The van der Waals surface area contributed by atoms with Gasteiger partial charge in [0, 0.05) is 57.2 Å². The van der Waals surface area contributed by atoms with E-state index in [1.165, 1.54) is 5.56 Å². The molecule has 1 aliphatic heterocycles. The van der Waals surface area contributed by atoms with Crippen LogP contribution in [0.3, 0.4) is 0 Å². The summed E-state index contributed by atoms with van der Waals surface area (Å²) in [5.41, 5.74) is 2.19. The molecule has 3 rings (SSSR count).